The largest absolute Gasteiger partial charge is 0.497 e. The fourth-order valence-corrected chi connectivity index (χ4v) is 4.38. The van der Waals surface area contributed by atoms with Crippen LogP contribution in [-0.4, -0.2) is 16.7 Å². The number of unbranched alkanes of at least 4 members (excludes halogenated alkanes) is 1. The molecule has 2 heterocycles. The maximum absolute atomic E-state index is 13.4. The summed E-state index contributed by atoms with van der Waals surface area (Å²) in [6, 6.07) is 9.93. The summed E-state index contributed by atoms with van der Waals surface area (Å²) in [6.07, 6.45) is 2.76. The molecule has 3 rings (SSSR count). The van der Waals surface area contributed by atoms with Gasteiger partial charge < -0.3 is 4.74 Å². The molecule has 0 unspecified atom stereocenters. The second-order valence-corrected chi connectivity index (χ2v) is 7.65. The smallest absolute Gasteiger partial charge is 0.262 e. The number of ether oxygens (including phenoxy) is 1. The summed E-state index contributed by atoms with van der Waals surface area (Å²) in [5, 5.41) is 9.51. The Hall–Kier alpha value is -2.65. The number of fused-ring (bicyclic) bond motifs is 1. The predicted molar refractivity (Wildman–Crippen MR) is 109 cm³/mol. The van der Waals surface area contributed by atoms with Crippen molar-refractivity contribution in [3.63, 3.8) is 0 Å². The van der Waals surface area contributed by atoms with E-state index >= 15 is 0 Å². The molecule has 1 aromatic carbocycles. The first kappa shape index (κ1) is 19.1. The summed E-state index contributed by atoms with van der Waals surface area (Å²) in [4.78, 5) is 20.1. The van der Waals surface area contributed by atoms with Crippen LogP contribution in [0.4, 0.5) is 0 Å². The molecule has 0 bridgehead atoms. The Morgan fingerprint density at radius 3 is 2.89 bits per heavy atom. The van der Waals surface area contributed by atoms with Crippen LogP contribution in [0.2, 0.25) is 0 Å². The third kappa shape index (κ3) is 3.74. The molecule has 5 nitrogen and oxygen atoms in total. The lowest BCUT2D eigenvalue weighted by atomic mass is 10.0. The van der Waals surface area contributed by atoms with Crippen LogP contribution in [0.25, 0.3) is 21.3 Å². The quantitative estimate of drug-likeness (QED) is 0.556. The van der Waals surface area contributed by atoms with Crippen molar-refractivity contribution in [3.05, 3.63) is 45.3 Å². The van der Waals surface area contributed by atoms with Gasteiger partial charge in [-0.3, -0.25) is 9.36 Å². The van der Waals surface area contributed by atoms with Gasteiger partial charge in [0.1, 0.15) is 16.4 Å². The summed E-state index contributed by atoms with van der Waals surface area (Å²) in [7, 11) is 1.64. The number of hydrogen-bond acceptors (Lipinski definition) is 5. The monoisotopic (exact) mass is 381 g/mol. The van der Waals surface area contributed by atoms with Gasteiger partial charge in [-0.05, 0) is 37.5 Å². The maximum Gasteiger partial charge on any atom is 0.262 e. The van der Waals surface area contributed by atoms with Crippen LogP contribution in [0.1, 0.15) is 36.9 Å². The Morgan fingerprint density at radius 2 is 2.19 bits per heavy atom. The first-order chi connectivity index (χ1) is 13.1. The molecule has 0 radical (unpaired) electrons. The van der Waals surface area contributed by atoms with Crippen molar-refractivity contribution in [1.82, 2.24) is 9.55 Å². The highest BCUT2D eigenvalue weighted by molar-refractivity contribution is 7.19. The molecule has 0 aliphatic carbocycles. The molecule has 3 aromatic rings. The van der Waals surface area contributed by atoms with Gasteiger partial charge in [0, 0.05) is 29.8 Å². The minimum atomic E-state index is -0.0106. The molecule has 2 aromatic heterocycles. The van der Waals surface area contributed by atoms with Crippen molar-refractivity contribution in [3.8, 4) is 22.9 Å². The predicted octanol–water partition coefficient (Wildman–Crippen LogP) is 4.70. The van der Waals surface area contributed by atoms with Gasteiger partial charge in [0.25, 0.3) is 5.56 Å². The minimum absolute atomic E-state index is 0.0106. The third-order valence-corrected chi connectivity index (χ3v) is 5.57. The summed E-state index contributed by atoms with van der Waals surface area (Å²) in [6.45, 7) is 4.63. The van der Waals surface area contributed by atoms with Gasteiger partial charge in [0.2, 0.25) is 0 Å². The van der Waals surface area contributed by atoms with E-state index in [1.54, 1.807) is 23.0 Å². The Labute approximate surface area is 162 Å². The zero-order valence-corrected chi connectivity index (χ0v) is 16.7. The molecule has 0 spiro atoms. The van der Waals surface area contributed by atoms with Gasteiger partial charge in [-0.25, -0.2) is 4.98 Å². The third-order valence-electron chi connectivity index (χ3n) is 4.57. The van der Waals surface area contributed by atoms with E-state index in [0.717, 1.165) is 45.3 Å². The topological polar surface area (TPSA) is 67.9 Å². The number of methoxy groups -OCH3 is 1. The maximum atomic E-state index is 13.4. The van der Waals surface area contributed by atoms with E-state index in [2.05, 4.69) is 13.0 Å². The van der Waals surface area contributed by atoms with E-state index in [0.29, 0.717) is 24.8 Å². The van der Waals surface area contributed by atoms with Crippen molar-refractivity contribution in [1.29, 1.82) is 5.26 Å². The summed E-state index contributed by atoms with van der Waals surface area (Å²) in [5.74, 6) is 1.57. The molecule has 0 fully saturated rings. The lowest BCUT2D eigenvalue weighted by Gasteiger charge is -2.12. The van der Waals surface area contributed by atoms with Crippen molar-refractivity contribution in [2.45, 2.75) is 46.1 Å². The normalized spacial score (nSPS) is 10.9. The van der Waals surface area contributed by atoms with Gasteiger partial charge in [-0.1, -0.05) is 19.1 Å². The van der Waals surface area contributed by atoms with Crippen molar-refractivity contribution >= 4 is 21.6 Å². The van der Waals surface area contributed by atoms with Crippen molar-refractivity contribution in [2.24, 2.45) is 0 Å². The Balaban J connectivity index is 2.24. The molecule has 0 amide bonds. The molecule has 140 valence electrons. The zero-order chi connectivity index (χ0) is 19.4. The molecule has 0 aliphatic heterocycles. The highest BCUT2D eigenvalue weighted by Gasteiger charge is 2.19. The molecule has 0 aliphatic rings. The average molecular weight is 382 g/mol. The second kappa shape index (κ2) is 8.36. The fraction of sp³-hybridized carbons (Fsp3) is 0.381. The van der Waals surface area contributed by atoms with Crippen molar-refractivity contribution in [2.75, 3.05) is 7.11 Å². The molecule has 6 heteroatoms. The van der Waals surface area contributed by atoms with Gasteiger partial charge in [0.15, 0.2) is 0 Å². The molecule has 0 saturated heterocycles. The Bertz CT molecular complexity index is 1060. The van der Waals surface area contributed by atoms with Gasteiger partial charge >= 0.3 is 0 Å². The number of thiophene rings is 1. The highest BCUT2D eigenvalue weighted by atomic mass is 32.1. The van der Waals surface area contributed by atoms with E-state index in [1.165, 1.54) is 0 Å². The highest BCUT2D eigenvalue weighted by Crippen LogP contribution is 2.37. The fourth-order valence-electron chi connectivity index (χ4n) is 3.32. The lowest BCUT2D eigenvalue weighted by molar-refractivity contribution is 0.415. The Kier molecular flexibility index (Phi) is 5.92. The number of nitrogens with zero attached hydrogens (tertiary/aromatic N) is 3. The van der Waals surface area contributed by atoms with Gasteiger partial charge in [-0.15, -0.1) is 11.3 Å². The summed E-state index contributed by atoms with van der Waals surface area (Å²) >= 11 is 1.56. The summed E-state index contributed by atoms with van der Waals surface area (Å²) < 4.78 is 7.11. The van der Waals surface area contributed by atoms with E-state index < -0.39 is 0 Å². The number of aromatic nitrogens is 2. The average Bonchev–Trinajstić information content (AvgIpc) is 3.00. The van der Waals surface area contributed by atoms with Crippen LogP contribution in [0.3, 0.4) is 0 Å². The number of rotatable bonds is 7. The van der Waals surface area contributed by atoms with Gasteiger partial charge in [-0.2, -0.15) is 5.26 Å². The van der Waals surface area contributed by atoms with E-state index in [1.807, 2.05) is 31.2 Å². The van der Waals surface area contributed by atoms with Crippen LogP contribution in [-0.2, 0) is 13.0 Å². The number of benzene rings is 1. The minimum Gasteiger partial charge on any atom is -0.497 e. The molecule has 0 N–H and O–H groups in total. The number of aryl methyl sites for hydroxylation is 2. The lowest BCUT2D eigenvalue weighted by Crippen LogP contribution is -2.25. The first-order valence-electron chi connectivity index (χ1n) is 9.14. The molecule has 0 saturated carbocycles. The molecule has 27 heavy (non-hydrogen) atoms. The number of hydrogen-bond donors (Lipinski definition) is 0. The van der Waals surface area contributed by atoms with Crippen LogP contribution in [0, 0.1) is 18.3 Å². The van der Waals surface area contributed by atoms with E-state index in [-0.39, 0.29) is 5.56 Å². The summed E-state index contributed by atoms with van der Waals surface area (Å²) in [5.41, 5.74) is 1.89. The second-order valence-electron chi connectivity index (χ2n) is 6.44. The van der Waals surface area contributed by atoms with Crippen LogP contribution >= 0.6 is 11.3 Å². The molecular formula is C21H23N3O2S. The van der Waals surface area contributed by atoms with E-state index in [9.17, 15) is 4.79 Å². The van der Waals surface area contributed by atoms with E-state index in [4.69, 9.17) is 15.0 Å². The van der Waals surface area contributed by atoms with Crippen molar-refractivity contribution < 1.29 is 4.74 Å². The van der Waals surface area contributed by atoms with Crippen LogP contribution in [0.15, 0.2) is 29.1 Å². The van der Waals surface area contributed by atoms with Gasteiger partial charge in [0.05, 0.1) is 18.6 Å². The standard InChI is InChI=1S/C21H23N3O2S/c1-4-8-17-23-20-19(21(25)24(17)12-6-5-11-22)18(14(2)27-20)15-9-7-10-16(13-15)26-3/h7,9-10,13H,4-6,8,12H2,1-3H3. The van der Waals surface area contributed by atoms with Crippen LogP contribution < -0.4 is 10.3 Å². The molecular weight excluding hydrogens is 358 g/mol. The Morgan fingerprint density at radius 1 is 1.37 bits per heavy atom. The molecule has 0 atom stereocenters. The zero-order valence-electron chi connectivity index (χ0n) is 15.9. The van der Waals surface area contributed by atoms with Crippen LogP contribution in [0.5, 0.6) is 5.75 Å². The first-order valence-corrected chi connectivity index (χ1v) is 9.96. The SMILES string of the molecule is CCCc1nc2sc(C)c(-c3cccc(OC)c3)c2c(=O)n1CCCC#N. The number of nitriles is 1.